The Morgan fingerprint density at radius 3 is 2.75 bits per heavy atom. The molecule has 3 rings (SSSR count). The second-order valence-electron chi connectivity index (χ2n) is 6.52. The third-order valence-electron chi connectivity index (χ3n) is 4.83. The van der Waals surface area contributed by atoms with Crippen LogP contribution < -0.4 is 5.32 Å². The van der Waals surface area contributed by atoms with Crippen molar-refractivity contribution in [3.8, 4) is 0 Å². The van der Waals surface area contributed by atoms with E-state index in [0.29, 0.717) is 0 Å². The van der Waals surface area contributed by atoms with Crippen LogP contribution in [-0.4, -0.2) is 61.3 Å². The molecule has 2 aliphatic heterocycles. The van der Waals surface area contributed by atoms with E-state index in [-0.39, 0.29) is 17.8 Å². The van der Waals surface area contributed by atoms with Crippen LogP contribution in [0.2, 0.25) is 0 Å². The molecule has 0 aromatic heterocycles. The number of carbonyl (C=O) groups is 1. The van der Waals surface area contributed by atoms with Crippen LogP contribution in [0.1, 0.15) is 25.7 Å². The second-order valence-corrected chi connectivity index (χ2v) is 6.52. The van der Waals surface area contributed by atoms with Crippen LogP contribution in [0.3, 0.4) is 0 Å². The molecule has 2 aliphatic rings. The molecule has 1 atom stereocenters. The molecule has 0 radical (unpaired) electrons. The number of amides is 2. The zero-order chi connectivity index (χ0) is 16.8. The summed E-state index contributed by atoms with van der Waals surface area (Å²) in [5.74, 6) is -0.398. The van der Waals surface area contributed by atoms with Gasteiger partial charge in [-0.15, -0.1) is 0 Å². The van der Waals surface area contributed by atoms with Crippen molar-refractivity contribution in [3.63, 3.8) is 0 Å². The predicted octanol–water partition coefficient (Wildman–Crippen LogP) is 2.93. The highest BCUT2D eigenvalue weighted by atomic mass is 19.1. The second kappa shape index (κ2) is 8.44. The first-order valence-corrected chi connectivity index (χ1v) is 8.86. The highest BCUT2D eigenvalue weighted by Gasteiger charge is 2.28. The molecule has 2 saturated heterocycles. The normalized spacial score (nSPS) is 22.9. The Balaban J connectivity index is 1.66. The summed E-state index contributed by atoms with van der Waals surface area (Å²) in [5, 5.41) is 2.74. The van der Waals surface area contributed by atoms with Crippen LogP contribution in [-0.2, 0) is 4.74 Å². The molecule has 0 spiro atoms. The molecule has 2 fully saturated rings. The topological polar surface area (TPSA) is 44.8 Å². The molecule has 2 heterocycles. The maximum atomic E-state index is 13.8. The van der Waals surface area contributed by atoms with Crippen LogP contribution in [0.4, 0.5) is 14.9 Å². The monoisotopic (exact) mass is 335 g/mol. The van der Waals surface area contributed by atoms with Crippen molar-refractivity contribution in [1.29, 1.82) is 0 Å². The van der Waals surface area contributed by atoms with Crippen molar-refractivity contribution in [2.75, 3.05) is 44.7 Å². The molecule has 1 unspecified atom stereocenters. The average molecular weight is 335 g/mol. The fourth-order valence-corrected chi connectivity index (χ4v) is 3.47. The smallest absolute Gasteiger partial charge is 0.322 e. The van der Waals surface area contributed by atoms with Gasteiger partial charge in [0.1, 0.15) is 5.82 Å². The van der Waals surface area contributed by atoms with Gasteiger partial charge in [0.05, 0.1) is 18.9 Å². The minimum absolute atomic E-state index is 0.178. The lowest BCUT2D eigenvalue weighted by Crippen LogP contribution is -2.50. The van der Waals surface area contributed by atoms with Crippen molar-refractivity contribution in [3.05, 3.63) is 30.1 Å². The molecule has 1 aromatic rings. The minimum atomic E-state index is -0.398. The number of anilines is 1. The summed E-state index contributed by atoms with van der Waals surface area (Å²) in [7, 11) is 0. The predicted molar refractivity (Wildman–Crippen MR) is 91.6 cm³/mol. The number of morpholine rings is 1. The maximum absolute atomic E-state index is 13.8. The SMILES string of the molecule is O=C(Nc1ccccc1F)N1CCCCCC1CN1CCOCC1. The molecule has 24 heavy (non-hydrogen) atoms. The summed E-state index contributed by atoms with van der Waals surface area (Å²) in [6, 6.07) is 6.30. The highest BCUT2D eigenvalue weighted by Crippen LogP contribution is 2.21. The van der Waals surface area contributed by atoms with Crippen LogP contribution in [0.15, 0.2) is 24.3 Å². The molecular formula is C18H26FN3O2. The van der Waals surface area contributed by atoms with Crippen LogP contribution in [0.5, 0.6) is 0 Å². The van der Waals surface area contributed by atoms with Gasteiger partial charge in [0.25, 0.3) is 0 Å². The number of hydrogen-bond donors (Lipinski definition) is 1. The Hall–Kier alpha value is -1.66. The van der Waals surface area contributed by atoms with Gasteiger partial charge in [0, 0.05) is 32.2 Å². The van der Waals surface area contributed by atoms with Gasteiger partial charge in [-0.3, -0.25) is 4.90 Å². The summed E-state index contributed by atoms with van der Waals surface area (Å²) >= 11 is 0. The Kier molecular flexibility index (Phi) is 6.04. The third kappa shape index (κ3) is 4.45. The van der Waals surface area contributed by atoms with Gasteiger partial charge in [-0.1, -0.05) is 25.0 Å². The van der Waals surface area contributed by atoms with E-state index in [1.165, 1.54) is 6.07 Å². The maximum Gasteiger partial charge on any atom is 0.322 e. The van der Waals surface area contributed by atoms with E-state index >= 15 is 0 Å². The van der Waals surface area contributed by atoms with Gasteiger partial charge in [-0.25, -0.2) is 9.18 Å². The number of halogens is 1. The molecule has 1 aromatic carbocycles. The Morgan fingerprint density at radius 1 is 1.17 bits per heavy atom. The summed E-state index contributed by atoms with van der Waals surface area (Å²) in [6.45, 7) is 4.95. The molecule has 0 saturated carbocycles. The number of benzene rings is 1. The van der Waals surface area contributed by atoms with Crippen LogP contribution in [0, 0.1) is 5.82 Å². The number of nitrogens with one attached hydrogen (secondary N) is 1. The summed E-state index contributed by atoms with van der Waals surface area (Å²) in [6.07, 6.45) is 4.29. The van der Waals surface area contributed by atoms with Crippen LogP contribution >= 0.6 is 0 Å². The lowest BCUT2D eigenvalue weighted by atomic mass is 10.1. The minimum Gasteiger partial charge on any atom is -0.379 e. The number of ether oxygens (including phenoxy) is 1. The number of rotatable bonds is 3. The van der Waals surface area contributed by atoms with E-state index in [1.54, 1.807) is 18.2 Å². The molecule has 0 bridgehead atoms. The van der Waals surface area contributed by atoms with Gasteiger partial charge >= 0.3 is 6.03 Å². The number of carbonyl (C=O) groups excluding carboxylic acids is 1. The van der Waals surface area contributed by atoms with Crippen LogP contribution in [0.25, 0.3) is 0 Å². The van der Waals surface area contributed by atoms with E-state index in [2.05, 4.69) is 10.2 Å². The molecule has 2 amide bonds. The van der Waals surface area contributed by atoms with Crippen molar-refractivity contribution in [2.24, 2.45) is 0 Å². The number of likely N-dealkylation sites (tertiary alicyclic amines) is 1. The first-order valence-electron chi connectivity index (χ1n) is 8.86. The van der Waals surface area contributed by atoms with Crippen molar-refractivity contribution >= 4 is 11.7 Å². The van der Waals surface area contributed by atoms with E-state index in [1.807, 2.05) is 4.90 Å². The van der Waals surface area contributed by atoms with Gasteiger partial charge in [-0.05, 0) is 25.0 Å². The first-order chi connectivity index (χ1) is 11.7. The summed E-state index contributed by atoms with van der Waals surface area (Å²) < 4.78 is 19.2. The quantitative estimate of drug-likeness (QED) is 0.924. The standard InChI is InChI=1S/C18H26FN3O2/c19-16-7-3-4-8-17(16)20-18(23)22-9-5-1-2-6-15(22)14-21-10-12-24-13-11-21/h3-4,7-8,15H,1-2,5-6,9-14H2,(H,20,23). The molecule has 6 heteroatoms. The largest absolute Gasteiger partial charge is 0.379 e. The molecule has 132 valence electrons. The lowest BCUT2D eigenvalue weighted by Gasteiger charge is -2.36. The Morgan fingerprint density at radius 2 is 1.96 bits per heavy atom. The lowest BCUT2D eigenvalue weighted by molar-refractivity contribution is 0.0266. The molecular weight excluding hydrogens is 309 g/mol. The number of para-hydroxylation sites is 1. The van der Waals surface area contributed by atoms with E-state index in [9.17, 15) is 9.18 Å². The fourth-order valence-electron chi connectivity index (χ4n) is 3.47. The molecule has 0 aliphatic carbocycles. The van der Waals surface area contributed by atoms with Gasteiger partial charge in [0.2, 0.25) is 0 Å². The van der Waals surface area contributed by atoms with Gasteiger partial charge < -0.3 is 15.0 Å². The zero-order valence-electron chi connectivity index (χ0n) is 14.0. The van der Waals surface area contributed by atoms with Crippen molar-refractivity contribution < 1.29 is 13.9 Å². The van der Waals surface area contributed by atoms with E-state index < -0.39 is 5.82 Å². The third-order valence-corrected chi connectivity index (χ3v) is 4.83. The number of nitrogens with zero attached hydrogens (tertiary/aromatic N) is 2. The molecule has 5 nitrogen and oxygen atoms in total. The van der Waals surface area contributed by atoms with E-state index in [0.717, 1.165) is 65.1 Å². The first kappa shape index (κ1) is 17.2. The molecule has 1 N–H and O–H groups in total. The zero-order valence-corrected chi connectivity index (χ0v) is 14.0. The average Bonchev–Trinajstić information content (AvgIpc) is 2.83. The van der Waals surface area contributed by atoms with Crippen molar-refractivity contribution in [1.82, 2.24) is 9.80 Å². The highest BCUT2D eigenvalue weighted by molar-refractivity contribution is 5.89. The number of hydrogen-bond acceptors (Lipinski definition) is 3. The summed E-state index contributed by atoms with van der Waals surface area (Å²) in [4.78, 5) is 17.0. The number of urea groups is 1. The summed E-state index contributed by atoms with van der Waals surface area (Å²) in [5.41, 5.74) is 0.247. The van der Waals surface area contributed by atoms with Crippen molar-refractivity contribution in [2.45, 2.75) is 31.7 Å². The van der Waals surface area contributed by atoms with Gasteiger partial charge in [-0.2, -0.15) is 0 Å². The Bertz CT molecular complexity index is 549. The fraction of sp³-hybridized carbons (Fsp3) is 0.611. The Labute approximate surface area is 142 Å². The van der Waals surface area contributed by atoms with E-state index in [4.69, 9.17) is 4.74 Å². The van der Waals surface area contributed by atoms with Gasteiger partial charge in [0.15, 0.2) is 0 Å².